The normalized spacial score (nSPS) is 0. The van der Waals surface area contributed by atoms with Crippen LogP contribution in [0.15, 0.2) is 0 Å². The molecule has 0 saturated carbocycles. The van der Waals surface area contributed by atoms with E-state index in [-0.39, 0.29) is 137 Å². The van der Waals surface area contributed by atoms with Gasteiger partial charge < -0.3 is 51.2 Å². The Morgan fingerprint density at radius 1 is 0.429 bits per heavy atom. The summed E-state index contributed by atoms with van der Waals surface area (Å²) in [6.45, 7) is 0. The van der Waals surface area contributed by atoms with Crippen molar-refractivity contribution < 1.29 is 34.1 Å². The molecular weight excluding hydrogens is 594 g/mol. The molecule has 0 aliphatic heterocycles. The molecule has 0 atom stereocenters. The van der Waals surface area contributed by atoms with Crippen LogP contribution in [0.25, 0.3) is 0 Å². The van der Waals surface area contributed by atoms with Gasteiger partial charge in [0.05, 0.1) is 0 Å². The van der Waals surface area contributed by atoms with Gasteiger partial charge in [0.15, 0.2) is 0 Å². The first-order chi connectivity index (χ1) is 0. The topological polar surface area (TPSA) is 0 Å². The van der Waals surface area contributed by atoms with Crippen molar-refractivity contribution in [2.24, 2.45) is 0 Å². The van der Waals surface area contributed by atoms with Gasteiger partial charge in [-0.05, 0) is 0 Å². The van der Waals surface area contributed by atoms with Gasteiger partial charge in [0, 0.05) is 34.1 Å². The van der Waals surface area contributed by atoms with Gasteiger partial charge in [0.1, 0.15) is 0 Å². The van der Waals surface area contributed by atoms with Gasteiger partial charge >= 0.3 is 51.7 Å². The smallest absolute Gasteiger partial charge is 2.00 e. The van der Waals surface area contributed by atoms with Crippen molar-refractivity contribution in [3.05, 3.63) is 0 Å². The fraction of sp³-hybridized carbons (Fsp3) is 0. The van der Waals surface area contributed by atoms with E-state index in [0.717, 1.165) is 0 Å². The molecule has 0 aliphatic rings. The van der Waals surface area contributed by atoms with Crippen LogP contribution < -0.4 is 0 Å². The molecule has 0 fully saturated rings. The second-order valence-corrected chi connectivity index (χ2v) is 0. The Morgan fingerprint density at radius 2 is 0.429 bits per heavy atom. The Hall–Kier alpha value is 4.34. The summed E-state index contributed by atoms with van der Waals surface area (Å²) in [7, 11) is 0. The Bertz CT molecular complexity index is 10.9. The van der Waals surface area contributed by atoms with E-state index >= 15 is 0 Å². The maximum atomic E-state index is 0. The van der Waals surface area contributed by atoms with E-state index in [9.17, 15) is 0 Å². The predicted octanol–water partition coefficient (Wildman–Crippen LogP) is -1.91. The van der Waals surface area contributed by atoms with Crippen molar-refractivity contribution in [2.75, 3.05) is 0 Å². The van der Waals surface area contributed by atoms with Gasteiger partial charge in [-0.2, -0.15) is 0 Å². The van der Waals surface area contributed by atoms with Gasteiger partial charge in [0.25, 0.3) is 0 Å². The first kappa shape index (κ1) is 64.4. The van der Waals surface area contributed by atoms with Crippen molar-refractivity contribution >= 4 is 103 Å². The Morgan fingerprint density at radius 3 is 0.429 bits per heavy atom. The fourth-order valence-corrected chi connectivity index (χ4v) is 0. The minimum absolute atomic E-state index is 0. The van der Waals surface area contributed by atoms with E-state index in [2.05, 4.69) is 0 Å². The predicted molar refractivity (Wildman–Crippen MR) is 28.8 cm³/mol. The molecule has 0 amide bonds. The Kier molecular flexibility index (Phi) is 441. The Labute approximate surface area is 134 Å². The third-order valence-corrected chi connectivity index (χ3v) is 0. The Balaban J connectivity index is 0. The molecular formula is Cu2In2Se3. The molecule has 0 aliphatic carbocycles. The van der Waals surface area contributed by atoms with Crippen LogP contribution in [0.2, 0.25) is 0 Å². The molecule has 0 N–H and O–H groups in total. The molecule has 7 heavy (non-hydrogen) atoms. The van der Waals surface area contributed by atoms with Crippen molar-refractivity contribution in [2.45, 2.75) is 0 Å². The first-order valence-electron chi connectivity index (χ1n) is 0. The number of hydrogen-bond donors (Lipinski definition) is 0. The van der Waals surface area contributed by atoms with Crippen molar-refractivity contribution in [1.29, 1.82) is 0 Å². The molecule has 0 heterocycles. The largest absolute Gasteiger partial charge is 3.00 e. The monoisotopic (exact) mass is 595 g/mol. The SMILES string of the molecule is [Cu].[Cu].[In+3].[In+3].[Se-2].[Se-2].[Se-2]. The van der Waals surface area contributed by atoms with Crippen LogP contribution in [0, 0.1) is 0 Å². The van der Waals surface area contributed by atoms with Crippen LogP contribution in [0.4, 0.5) is 0 Å². The molecule has 0 rings (SSSR count). The van der Waals surface area contributed by atoms with E-state index in [0.29, 0.717) is 0 Å². The summed E-state index contributed by atoms with van der Waals surface area (Å²) >= 11 is 0. The first-order valence-corrected chi connectivity index (χ1v) is 0. The molecule has 2 radical (unpaired) electrons. The molecule has 0 nitrogen and oxygen atoms in total. The van der Waals surface area contributed by atoms with Gasteiger partial charge in [-0.3, -0.25) is 0 Å². The van der Waals surface area contributed by atoms with Gasteiger partial charge in [-0.1, -0.05) is 0 Å². The third kappa shape index (κ3) is 38.2. The minimum Gasteiger partial charge on any atom is -2.00 e. The van der Waals surface area contributed by atoms with Crippen LogP contribution in [0.5, 0.6) is 0 Å². The van der Waals surface area contributed by atoms with E-state index in [1.165, 1.54) is 0 Å². The second kappa shape index (κ2) is 47.9. The van der Waals surface area contributed by atoms with E-state index in [4.69, 9.17) is 0 Å². The maximum Gasteiger partial charge on any atom is 3.00 e. The maximum absolute atomic E-state index is 0. The van der Waals surface area contributed by atoms with Crippen molar-refractivity contribution in [1.82, 2.24) is 0 Å². The zero-order valence-corrected chi connectivity index (χ0v) is 16.6. The third-order valence-electron chi connectivity index (χ3n) is 0. The molecule has 0 unspecified atom stereocenters. The van der Waals surface area contributed by atoms with E-state index in [1.54, 1.807) is 0 Å². The van der Waals surface area contributed by atoms with Crippen LogP contribution in [-0.4, -0.2) is 103 Å². The molecule has 0 aromatic rings. The van der Waals surface area contributed by atoms with Crippen LogP contribution >= 0.6 is 0 Å². The van der Waals surface area contributed by atoms with E-state index in [1.807, 2.05) is 0 Å². The van der Waals surface area contributed by atoms with Crippen molar-refractivity contribution in [3.63, 3.8) is 0 Å². The summed E-state index contributed by atoms with van der Waals surface area (Å²) < 4.78 is 0. The average molecular weight is 594 g/mol. The summed E-state index contributed by atoms with van der Waals surface area (Å²) in [6, 6.07) is 0. The van der Waals surface area contributed by atoms with Gasteiger partial charge in [0.2, 0.25) is 0 Å². The summed E-state index contributed by atoms with van der Waals surface area (Å²) in [6.07, 6.45) is 0. The summed E-state index contributed by atoms with van der Waals surface area (Å²) in [5.74, 6) is 0. The number of hydrogen-bond acceptors (Lipinski definition) is 0. The molecule has 0 spiro atoms. The zero-order valence-electron chi connectivity index (χ0n) is 2.98. The molecule has 0 saturated heterocycles. The quantitative estimate of drug-likeness (QED) is 0.288. The van der Waals surface area contributed by atoms with Gasteiger partial charge in [-0.25, -0.2) is 0 Å². The second-order valence-electron chi connectivity index (χ2n) is 0. The molecule has 0 aromatic carbocycles. The fourth-order valence-electron chi connectivity index (χ4n) is 0. The number of rotatable bonds is 0. The molecule has 46 valence electrons. The molecule has 7 heteroatoms. The van der Waals surface area contributed by atoms with E-state index < -0.39 is 0 Å². The van der Waals surface area contributed by atoms with Crippen LogP contribution in [0.3, 0.4) is 0 Å². The summed E-state index contributed by atoms with van der Waals surface area (Å²) in [4.78, 5) is 0. The van der Waals surface area contributed by atoms with Gasteiger partial charge in [-0.15, -0.1) is 0 Å². The zero-order chi connectivity index (χ0) is 0. The molecule has 0 aromatic heterocycles. The van der Waals surface area contributed by atoms with Crippen molar-refractivity contribution in [3.8, 4) is 0 Å². The van der Waals surface area contributed by atoms with Crippen LogP contribution in [-0.2, 0) is 34.1 Å². The average Bonchev–Trinajstić information content (AvgIpc) is 0. The minimum atomic E-state index is 0. The summed E-state index contributed by atoms with van der Waals surface area (Å²) in [5.41, 5.74) is 0. The standard InChI is InChI=1S/2Cu.2In.3Se/q;;2*+3;3*-2. The van der Waals surface area contributed by atoms with Crippen LogP contribution in [0.1, 0.15) is 0 Å². The molecule has 0 bridgehead atoms. The summed E-state index contributed by atoms with van der Waals surface area (Å²) in [5, 5.41) is 0.